The molecule has 0 atom stereocenters. The standard InChI is InChI=1S/C14H18N2O5/c17-13(18)11-8-10(4-5-12(11)16(20)21)15-9-14(19)6-2-1-3-7-14/h4-5,8,15,19H,1-3,6-7,9H2,(H,17,18). The molecule has 0 saturated heterocycles. The third-order valence-corrected chi connectivity index (χ3v) is 3.83. The molecular weight excluding hydrogens is 276 g/mol. The van der Waals surface area contributed by atoms with Gasteiger partial charge in [0.1, 0.15) is 5.56 Å². The fourth-order valence-electron chi connectivity index (χ4n) is 2.63. The van der Waals surface area contributed by atoms with Crippen LogP contribution >= 0.6 is 0 Å². The Hall–Kier alpha value is -2.15. The van der Waals surface area contributed by atoms with Crippen LogP contribution in [0, 0.1) is 10.1 Å². The smallest absolute Gasteiger partial charge is 0.342 e. The van der Waals surface area contributed by atoms with Crippen molar-refractivity contribution in [1.82, 2.24) is 0 Å². The first kappa shape index (κ1) is 15.2. The van der Waals surface area contributed by atoms with E-state index in [1.165, 1.54) is 12.1 Å². The van der Waals surface area contributed by atoms with Gasteiger partial charge in [-0.25, -0.2) is 4.79 Å². The fourth-order valence-corrected chi connectivity index (χ4v) is 2.63. The molecule has 2 rings (SSSR count). The Kier molecular flexibility index (Phi) is 4.42. The third kappa shape index (κ3) is 3.69. The lowest BCUT2D eigenvalue weighted by molar-refractivity contribution is -0.385. The van der Waals surface area contributed by atoms with Crippen LogP contribution in [-0.2, 0) is 0 Å². The van der Waals surface area contributed by atoms with Gasteiger partial charge < -0.3 is 15.5 Å². The molecule has 1 aliphatic rings. The van der Waals surface area contributed by atoms with Gasteiger partial charge in [0, 0.05) is 18.3 Å². The van der Waals surface area contributed by atoms with Crippen LogP contribution in [0.1, 0.15) is 42.5 Å². The Bertz CT molecular complexity index is 552. The van der Waals surface area contributed by atoms with Gasteiger partial charge in [-0.15, -0.1) is 0 Å². The summed E-state index contributed by atoms with van der Waals surface area (Å²) in [5.74, 6) is -1.35. The predicted molar refractivity (Wildman–Crippen MR) is 76.6 cm³/mol. The number of carbonyl (C=O) groups is 1. The summed E-state index contributed by atoms with van der Waals surface area (Å²) in [4.78, 5) is 21.1. The lowest BCUT2D eigenvalue weighted by atomic mass is 9.85. The molecule has 0 bridgehead atoms. The van der Waals surface area contributed by atoms with E-state index in [9.17, 15) is 20.0 Å². The molecule has 3 N–H and O–H groups in total. The highest BCUT2D eigenvalue weighted by Gasteiger charge is 2.29. The van der Waals surface area contributed by atoms with Crippen molar-refractivity contribution in [3.8, 4) is 0 Å². The van der Waals surface area contributed by atoms with Crippen molar-refractivity contribution in [2.45, 2.75) is 37.7 Å². The third-order valence-electron chi connectivity index (χ3n) is 3.83. The quantitative estimate of drug-likeness (QED) is 0.567. The van der Waals surface area contributed by atoms with Crippen molar-refractivity contribution in [2.75, 3.05) is 11.9 Å². The lowest BCUT2D eigenvalue weighted by Crippen LogP contribution is -2.38. The SMILES string of the molecule is O=C(O)c1cc(NCC2(O)CCCCC2)ccc1[N+](=O)[O-]. The number of hydrogen-bond donors (Lipinski definition) is 3. The number of rotatable bonds is 5. The fraction of sp³-hybridized carbons (Fsp3) is 0.500. The highest BCUT2D eigenvalue weighted by molar-refractivity contribution is 5.93. The molecule has 0 spiro atoms. The molecular formula is C14H18N2O5. The van der Waals surface area contributed by atoms with E-state index in [2.05, 4.69) is 5.32 Å². The summed E-state index contributed by atoms with van der Waals surface area (Å²) >= 11 is 0. The van der Waals surface area contributed by atoms with Crippen molar-refractivity contribution in [2.24, 2.45) is 0 Å². The summed E-state index contributed by atoms with van der Waals surface area (Å²) in [6.07, 6.45) is 4.47. The Labute approximate surface area is 121 Å². The summed E-state index contributed by atoms with van der Waals surface area (Å²) < 4.78 is 0. The number of nitro groups is 1. The van der Waals surface area contributed by atoms with Crippen LogP contribution in [0.15, 0.2) is 18.2 Å². The van der Waals surface area contributed by atoms with Gasteiger partial charge in [0.2, 0.25) is 0 Å². The molecule has 0 amide bonds. The van der Waals surface area contributed by atoms with Gasteiger partial charge in [-0.3, -0.25) is 10.1 Å². The first-order valence-corrected chi connectivity index (χ1v) is 6.89. The predicted octanol–water partition coefficient (Wildman–Crippen LogP) is 2.40. The second-order valence-electron chi connectivity index (χ2n) is 5.43. The van der Waals surface area contributed by atoms with Gasteiger partial charge in [0.05, 0.1) is 10.5 Å². The van der Waals surface area contributed by atoms with Crippen molar-refractivity contribution in [3.05, 3.63) is 33.9 Å². The summed E-state index contributed by atoms with van der Waals surface area (Å²) in [6, 6.07) is 3.85. The molecule has 1 aliphatic carbocycles. The van der Waals surface area contributed by atoms with E-state index in [1.54, 1.807) is 0 Å². The molecule has 0 unspecified atom stereocenters. The molecule has 1 saturated carbocycles. The molecule has 0 aliphatic heterocycles. The largest absolute Gasteiger partial charge is 0.477 e. The number of aliphatic hydroxyl groups is 1. The lowest BCUT2D eigenvalue weighted by Gasteiger charge is -2.32. The van der Waals surface area contributed by atoms with Gasteiger partial charge in [-0.1, -0.05) is 19.3 Å². The zero-order valence-corrected chi connectivity index (χ0v) is 11.5. The molecule has 0 radical (unpaired) electrons. The highest BCUT2D eigenvalue weighted by atomic mass is 16.6. The van der Waals surface area contributed by atoms with Gasteiger partial charge in [0.15, 0.2) is 0 Å². The summed E-state index contributed by atoms with van der Waals surface area (Å²) in [5, 5.41) is 33.1. The van der Waals surface area contributed by atoms with Crippen LogP contribution in [0.2, 0.25) is 0 Å². The normalized spacial score (nSPS) is 17.2. The minimum Gasteiger partial charge on any atom is -0.477 e. The summed E-state index contributed by atoms with van der Waals surface area (Å²) in [6.45, 7) is 0.309. The number of benzene rings is 1. The Morgan fingerprint density at radius 2 is 2.00 bits per heavy atom. The number of nitrogens with zero attached hydrogens (tertiary/aromatic N) is 1. The molecule has 0 heterocycles. The topological polar surface area (TPSA) is 113 Å². The zero-order valence-electron chi connectivity index (χ0n) is 11.5. The zero-order chi connectivity index (χ0) is 15.5. The van der Waals surface area contributed by atoms with E-state index in [1.807, 2.05) is 0 Å². The van der Waals surface area contributed by atoms with Crippen LogP contribution in [-0.4, -0.2) is 33.3 Å². The van der Waals surface area contributed by atoms with Crippen molar-refractivity contribution in [1.29, 1.82) is 0 Å². The van der Waals surface area contributed by atoms with Crippen molar-refractivity contribution >= 4 is 17.3 Å². The van der Waals surface area contributed by atoms with Crippen LogP contribution < -0.4 is 5.32 Å². The van der Waals surface area contributed by atoms with Crippen molar-refractivity contribution < 1.29 is 19.9 Å². The van der Waals surface area contributed by atoms with E-state index in [4.69, 9.17) is 5.11 Å². The Balaban J connectivity index is 2.12. The number of anilines is 1. The van der Waals surface area contributed by atoms with Gasteiger partial charge in [-0.05, 0) is 25.0 Å². The van der Waals surface area contributed by atoms with Gasteiger partial charge in [-0.2, -0.15) is 0 Å². The number of nitrogens with one attached hydrogen (secondary N) is 1. The Morgan fingerprint density at radius 3 is 2.57 bits per heavy atom. The molecule has 1 aromatic rings. The van der Waals surface area contributed by atoms with E-state index in [0.717, 1.165) is 25.3 Å². The monoisotopic (exact) mass is 294 g/mol. The highest BCUT2D eigenvalue weighted by Crippen LogP contribution is 2.29. The maximum absolute atomic E-state index is 11.1. The van der Waals surface area contributed by atoms with Crippen LogP contribution in [0.3, 0.4) is 0 Å². The molecule has 1 fully saturated rings. The second-order valence-corrected chi connectivity index (χ2v) is 5.43. The van der Waals surface area contributed by atoms with E-state index >= 15 is 0 Å². The van der Waals surface area contributed by atoms with Crippen LogP contribution in [0.4, 0.5) is 11.4 Å². The average molecular weight is 294 g/mol. The number of hydrogen-bond acceptors (Lipinski definition) is 5. The van der Waals surface area contributed by atoms with Crippen LogP contribution in [0.5, 0.6) is 0 Å². The van der Waals surface area contributed by atoms with Gasteiger partial charge in [0.25, 0.3) is 5.69 Å². The molecule has 7 heteroatoms. The maximum atomic E-state index is 11.1. The Morgan fingerprint density at radius 1 is 1.33 bits per heavy atom. The van der Waals surface area contributed by atoms with Crippen molar-refractivity contribution in [3.63, 3.8) is 0 Å². The average Bonchev–Trinajstić information content (AvgIpc) is 2.45. The molecule has 21 heavy (non-hydrogen) atoms. The molecule has 7 nitrogen and oxygen atoms in total. The second kappa shape index (κ2) is 6.09. The number of carboxylic acids is 1. The minimum atomic E-state index is -1.35. The van der Waals surface area contributed by atoms with E-state index < -0.39 is 22.2 Å². The number of carboxylic acid groups (broad SMARTS) is 1. The number of aromatic carboxylic acids is 1. The van der Waals surface area contributed by atoms with Crippen LogP contribution in [0.25, 0.3) is 0 Å². The van der Waals surface area contributed by atoms with E-state index in [-0.39, 0.29) is 5.56 Å². The minimum absolute atomic E-state index is 0.309. The first-order chi connectivity index (χ1) is 9.91. The van der Waals surface area contributed by atoms with Gasteiger partial charge >= 0.3 is 5.97 Å². The molecule has 114 valence electrons. The molecule has 1 aromatic carbocycles. The summed E-state index contributed by atoms with van der Waals surface area (Å²) in [7, 11) is 0. The first-order valence-electron chi connectivity index (χ1n) is 6.89. The number of nitro benzene ring substituents is 1. The van der Waals surface area contributed by atoms with E-state index in [0.29, 0.717) is 25.1 Å². The molecule has 0 aromatic heterocycles. The summed E-state index contributed by atoms with van der Waals surface area (Å²) in [5.41, 5.74) is -1.13. The maximum Gasteiger partial charge on any atom is 0.342 e.